The molecule has 0 aliphatic carbocycles. The fourth-order valence-corrected chi connectivity index (χ4v) is 2.23. The standard InChI is InChI=1S/C13H25N3O2/c1-10(2)8-14-13(18)15-12(17)9-16-7-5-4-6-11(16)3/h10-11H,4-9H2,1-3H3,(H2,14,15,17,18)/p+1/t11-/m0/s1. The minimum absolute atomic E-state index is 0.181. The molecule has 0 aromatic carbocycles. The Morgan fingerprint density at radius 2 is 2.06 bits per heavy atom. The highest BCUT2D eigenvalue weighted by Crippen LogP contribution is 2.01. The highest BCUT2D eigenvalue weighted by atomic mass is 16.2. The van der Waals surface area contributed by atoms with Crippen molar-refractivity contribution in [1.29, 1.82) is 0 Å². The van der Waals surface area contributed by atoms with E-state index in [1.165, 1.54) is 24.2 Å². The number of amides is 3. The first-order valence-corrected chi connectivity index (χ1v) is 6.91. The molecular formula is C13H26N3O2+. The second kappa shape index (κ2) is 7.36. The molecule has 0 radical (unpaired) electrons. The Labute approximate surface area is 109 Å². The van der Waals surface area contributed by atoms with Crippen LogP contribution in [-0.2, 0) is 4.79 Å². The normalized spacial score (nSPS) is 23.8. The summed E-state index contributed by atoms with van der Waals surface area (Å²) in [5.74, 6) is 0.207. The predicted octanol–water partition coefficient (Wildman–Crippen LogP) is -0.0745. The van der Waals surface area contributed by atoms with Gasteiger partial charge in [0.2, 0.25) is 0 Å². The number of quaternary nitrogens is 1. The number of carbonyl (C=O) groups excluding carboxylic acids is 2. The zero-order valence-electron chi connectivity index (χ0n) is 11.7. The molecule has 1 aliphatic rings. The predicted molar refractivity (Wildman–Crippen MR) is 70.4 cm³/mol. The summed E-state index contributed by atoms with van der Waals surface area (Å²) in [5, 5.41) is 5.07. The minimum Gasteiger partial charge on any atom is -0.338 e. The minimum atomic E-state index is -0.377. The van der Waals surface area contributed by atoms with Gasteiger partial charge in [-0.05, 0) is 32.1 Å². The lowest BCUT2D eigenvalue weighted by Gasteiger charge is -2.29. The van der Waals surface area contributed by atoms with Gasteiger partial charge >= 0.3 is 6.03 Å². The summed E-state index contributed by atoms with van der Waals surface area (Å²) in [6.07, 6.45) is 3.59. The number of urea groups is 1. The molecular weight excluding hydrogens is 230 g/mol. The molecule has 0 bridgehead atoms. The van der Waals surface area contributed by atoms with Crippen molar-refractivity contribution in [3.63, 3.8) is 0 Å². The van der Waals surface area contributed by atoms with Crippen molar-refractivity contribution in [2.45, 2.75) is 46.1 Å². The van der Waals surface area contributed by atoms with Crippen LogP contribution in [0.3, 0.4) is 0 Å². The molecule has 0 aromatic rings. The van der Waals surface area contributed by atoms with Crippen molar-refractivity contribution >= 4 is 11.9 Å². The van der Waals surface area contributed by atoms with Gasteiger partial charge in [0.25, 0.3) is 5.91 Å². The lowest BCUT2D eigenvalue weighted by molar-refractivity contribution is -0.920. The lowest BCUT2D eigenvalue weighted by Crippen LogP contribution is -3.17. The van der Waals surface area contributed by atoms with Gasteiger partial charge in [0.05, 0.1) is 12.6 Å². The van der Waals surface area contributed by atoms with Crippen molar-refractivity contribution in [2.24, 2.45) is 5.92 Å². The molecule has 3 N–H and O–H groups in total. The molecule has 1 saturated heterocycles. The molecule has 0 spiro atoms. The van der Waals surface area contributed by atoms with Crippen LogP contribution >= 0.6 is 0 Å². The molecule has 5 nitrogen and oxygen atoms in total. The van der Waals surface area contributed by atoms with Gasteiger partial charge in [0.15, 0.2) is 6.54 Å². The van der Waals surface area contributed by atoms with Crippen LogP contribution in [0.15, 0.2) is 0 Å². The van der Waals surface area contributed by atoms with Gasteiger partial charge < -0.3 is 10.2 Å². The third-order valence-electron chi connectivity index (χ3n) is 3.39. The van der Waals surface area contributed by atoms with Gasteiger partial charge in [-0.1, -0.05) is 13.8 Å². The van der Waals surface area contributed by atoms with E-state index in [-0.39, 0.29) is 11.9 Å². The number of hydrogen-bond acceptors (Lipinski definition) is 2. The molecule has 104 valence electrons. The lowest BCUT2D eigenvalue weighted by atomic mass is 10.0. The van der Waals surface area contributed by atoms with Crippen molar-refractivity contribution < 1.29 is 14.5 Å². The number of rotatable bonds is 4. The van der Waals surface area contributed by atoms with Gasteiger partial charge in [-0.3, -0.25) is 10.1 Å². The Morgan fingerprint density at radius 3 is 2.67 bits per heavy atom. The second-order valence-corrected chi connectivity index (χ2v) is 5.63. The van der Waals surface area contributed by atoms with E-state index in [1.807, 2.05) is 13.8 Å². The number of nitrogens with one attached hydrogen (secondary N) is 3. The number of carbonyl (C=O) groups is 2. The van der Waals surface area contributed by atoms with E-state index in [9.17, 15) is 9.59 Å². The van der Waals surface area contributed by atoms with Gasteiger partial charge in [-0.2, -0.15) is 0 Å². The van der Waals surface area contributed by atoms with E-state index >= 15 is 0 Å². The topological polar surface area (TPSA) is 62.6 Å². The SMILES string of the molecule is CC(C)CNC(=O)NC(=O)C[NH+]1CCCC[C@@H]1C. The van der Waals surface area contributed by atoms with Gasteiger partial charge in [-0.25, -0.2) is 4.79 Å². The Bertz CT molecular complexity index is 292. The van der Waals surface area contributed by atoms with Crippen LogP contribution in [0.2, 0.25) is 0 Å². The first-order chi connectivity index (χ1) is 8.49. The number of imide groups is 1. The monoisotopic (exact) mass is 256 g/mol. The van der Waals surface area contributed by atoms with Crippen LogP contribution in [0.5, 0.6) is 0 Å². The average Bonchev–Trinajstić information content (AvgIpc) is 2.29. The van der Waals surface area contributed by atoms with Crippen molar-refractivity contribution in [3.8, 4) is 0 Å². The molecule has 0 saturated carbocycles. The van der Waals surface area contributed by atoms with E-state index in [0.717, 1.165) is 6.54 Å². The molecule has 1 unspecified atom stereocenters. The van der Waals surface area contributed by atoms with Crippen LogP contribution in [0.4, 0.5) is 4.79 Å². The Morgan fingerprint density at radius 1 is 1.33 bits per heavy atom. The third-order valence-corrected chi connectivity index (χ3v) is 3.39. The van der Waals surface area contributed by atoms with Crippen molar-refractivity contribution in [3.05, 3.63) is 0 Å². The highest BCUT2D eigenvalue weighted by Gasteiger charge is 2.24. The van der Waals surface area contributed by atoms with E-state index in [4.69, 9.17) is 0 Å². The molecule has 1 fully saturated rings. The first-order valence-electron chi connectivity index (χ1n) is 6.91. The maximum Gasteiger partial charge on any atom is 0.321 e. The van der Waals surface area contributed by atoms with E-state index in [2.05, 4.69) is 17.6 Å². The zero-order chi connectivity index (χ0) is 13.5. The summed E-state index contributed by atoms with van der Waals surface area (Å²) in [4.78, 5) is 24.4. The fourth-order valence-electron chi connectivity index (χ4n) is 2.23. The summed E-state index contributed by atoms with van der Waals surface area (Å²) in [6.45, 7) is 8.22. The van der Waals surface area contributed by atoms with E-state index in [1.54, 1.807) is 0 Å². The van der Waals surface area contributed by atoms with Gasteiger partial charge in [0.1, 0.15) is 0 Å². The molecule has 1 rings (SSSR count). The quantitative estimate of drug-likeness (QED) is 0.659. The molecule has 18 heavy (non-hydrogen) atoms. The average molecular weight is 256 g/mol. The van der Waals surface area contributed by atoms with Gasteiger partial charge in [0, 0.05) is 6.54 Å². The summed E-state index contributed by atoms with van der Waals surface area (Å²) in [5.41, 5.74) is 0. The molecule has 2 atom stereocenters. The largest absolute Gasteiger partial charge is 0.338 e. The van der Waals surface area contributed by atoms with Crippen LogP contribution in [0, 0.1) is 5.92 Å². The van der Waals surface area contributed by atoms with Crippen molar-refractivity contribution in [2.75, 3.05) is 19.6 Å². The highest BCUT2D eigenvalue weighted by molar-refractivity contribution is 5.94. The third kappa shape index (κ3) is 5.49. The maximum atomic E-state index is 11.7. The summed E-state index contributed by atoms with van der Waals surface area (Å²) < 4.78 is 0. The summed E-state index contributed by atoms with van der Waals surface area (Å²) >= 11 is 0. The zero-order valence-corrected chi connectivity index (χ0v) is 11.7. The second-order valence-electron chi connectivity index (χ2n) is 5.63. The van der Waals surface area contributed by atoms with Crippen LogP contribution in [-0.4, -0.2) is 37.6 Å². The molecule has 0 aromatic heterocycles. The van der Waals surface area contributed by atoms with Crippen LogP contribution < -0.4 is 15.5 Å². The van der Waals surface area contributed by atoms with E-state index < -0.39 is 0 Å². The smallest absolute Gasteiger partial charge is 0.321 e. The van der Waals surface area contributed by atoms with Gasteiger partial charge in [-0.15, -0.1) is 0 Å². The first kappa shape index (κ1) is 15.0. The summed E-state index contributed by atoms with van der Waals surface area (Å²) in [6, 6.07) is 0.140. The maximum absolute atomic E-state index is 11.7. The molecule has 3 amide bonds. The Kier molecular flexibility index (Phi) is 6.12. The molecule has 1 heterocycles. The van der Waals surface area contributed by atoms with Crippen LogP contribution in [0.1, 0.15) is 40.0 Å². The molecule has 5 heteroatoms. The number of likely N-dealkylation sites (tertiary alicyclic amines) is 1. The van der Waals surface area contributed by atoms with E-state index in [0.29, 0.717) is 25.0 Å². The number of piperidine rings is 1. The van der Waals surface area contributed by atoms with Crippen LogP contribution in [0.25, 0.3) is 0 Å². The Balaban J connectivity index is 2.25. The van der Waals surface area contributed by atoms with Crippen molar-refractivity contribution in [1.82, 2.24) is 10.6 Å². The summed E-state index contributed by atoms with van der Waals surface area (Å²) in [7, 11) is 0. The Hall–Kier alpha value is -1.10. The fraction of sp³-hybridized carbons (Fsp3) is 0.846. The number of hydrogen-bond donors (Lipinski definition) is 3. The molecule has 1 aliphatic heterocycles.